The molecule has 1 saturated heterocycles. The van der Waals surface area contributed by atoms with Gasteiger partial charge in [-0.2, -0.15) is 12.6 Å². The molecule has 0 aromatic rings. The van der Waals surface area contributed by atoms with Gasteiger partial charge in [-0.25, -0.2) is 4.79 Å². The van der Waals surface area contributed by atoms with Crippen molar-refractivity contribution in [1.82, 2.24) is 15.5 Å². The molecule has 1 rings (SSSR count). The van der Waals surface area contributed by atoms with Crippen LogP contribution in [0.4, 0.5) is 0 Å². The summed E-state index contributed by atoms with van der Waals surface area (Å²) in [6, 6.07) is -4.84. The third kappa shape index (κ3) is 7.15. The Kier molecular flexibility index (Phi) is 10.0. The number of amides is 3. The van der Waals surface area contributed by atoms with E-state index in [0.717, 1.165) is 4.90 Å². The number of nitrogens with two attached hydrogens (primary N) is 1. The maximum atomic E-state index is 12.8. The Morgan fingerprint density at radius 1 is 1.13 bits per heavy atom. The third-order valence-electron chi connectivity index (χ3n) is 4.72. The Hall–Kier alpha value is -2.38. The van der Waals surface area contributed by atoms with E-state index in [-0.39, 0.29) is 25.1 Å². The molecule has 3 amide bonds. The lowest BCUT2D eigenvalue weighted by molar-refractivity contribution is -0.150. The molecule has 5 unspecified atom stereocenters. The van der Waals surface area contributed by atoms with Crippen molar-refractivity contribution in [3.63, 3.8) is 0 Å². The van der Waals surface area contributed by atoms with Crippen LogP contribution in [0.25, 0.3) is 0 Å². The number of hydrogen-bond acceptors (Lipinski definition) is 8. The quantitative estimate of drug-likeness (QED) is 0.167. The van der Waals surface area contributed by atoms with Crippen LogP contribution < -0.4 is 16.4 Å². The molecular formula is C17H28N4O8S. The molecule has 1 aliphatic rings. The van der Waals surface area contributed by atoms with E-state index in [2.05, 4.69) is 23.3 Å². The Morgan fingerprint density at radius 2 is 1.73 bits per heavy atom. The highest BCUT2D eigenvalue weighted by Crippen LogP contribution is 2.19. The Labute approximate surface area is 178 Å². The largest absolute Gasteiger partial charge is 0.481 e. The van der Waals surface area contributed by atoms with Gasteiger partial charge in [-0.05, 0) is 26.2 Å². The molecule has 0 aliphatic carbocycles. The number of carbonyl (C=O) groups excluding carboxylic acids is 3. The summed E-state index contributed by atoms with van der Waals surface area (Å²) >= 11 is 3.99. The van der Waals surface area contributed by atoms with Crippen LogP contribution in [-0.4, -0.2) is 92.4 Å². The number of nitrogens with zero attached hydrogens (tertiary/aromatic N) is 1. The van der Waals surface area contributed by atoms with Crippen LogP contribution in [0.1, 0.15) is 32.6 Å². The first kappa shape index (κ1) is 25.7. The monoisotopic (exact) mass is 448 g/mol. The average molecular weight is 448 g/mol. The first-order valence-corrected chi connectivity index (χ1v) is 10.0. The minimum Gasteiger partial charge on any atom is -0.481 e. The summed E-state index contributed by atoms with van der Waals surface area (Å²) in [6.07, 6.45) is -1.14. The zero-order valence-electron chi connectivity index (χ0n) is 16.5. The standard InChI is InChI=1S/C17H28N4O8S/c1-8(22)13(18)15(26)20-10(7-30)14(25)19-9(4-5-12(23)24)16(27)21-6-2-3-11(21)17(28)29/h8-11,13,22,30H,2-7,18H2,1H3,(H,19,25)(H,20,26)(H,23,24)(H,28,29). The average Bonchev–Trinajstić information content (AvgIpc) is 3.17. The fraction of sp³-hybridized carbons (Fsp3) is 0.706. The van der Waals surface area contributed by atoms with Gasteiger partial charge >= 0.3 is 11.9 Å². The molecule has 0 bridgehead atoms. The van der Waals surface area contributed by atoms with Gasteiger partial charge in [0.15, 0.2) is 0 Å². The summed E-state index contributed by atoms with van der Waals surface area (Å²) < 4.78 is 0. The van der Waals surface area contributed by atoms with Crippen LogP contribution in [0.15, 0.2) is 0 Å². The molecule has 7 N–H and O–H groups in total. The number of aliphatic carboxylic acids is 2. The maximum absolute atomic E-state index is 12.8. The van der Waals surface area contributed by atoms with Crippen molar-refractivity contribution in [2.24, 2.45) is 5.73 Å². The van der Waals surface area contributed by atoms with E-state index in [1.165, 1.54) is 6.92 Å². The molecule has 0 saturated carbocycles. The molecule has 1 aliphatic heterocycles. The van der Waals surface area contributed by atoms with Gasteiger partial charge < -0.3 is 36.6 Å². The molecule has 13 heteroatoms. The van der Waals surface area contributed by atoms with Crippen LogP contribution in [-0.2, 0) is 24.0 Å². The predicted octanol–water partition coefficient (Wildman–Crippen LogP) is -2.47. The summed E-state index contributed by atoms with van der Waals surface area (Å²) in [4.78, 5) is 60.8. The van der Waals surface area contributed by atoms with Gasteiger partial charge in [0.05, 0.1) is 6.10 Å². The van der Waals surface area contributed by atoms with E-state index >= 15 is 0 Å². The smallest absolute Gasteiger partial charge is 0.326 e. The second kappa shape index (κ2) is 11.7. The highest BCUT2D eigenvalue weighted by Gasteiger charge is 2.38. The van der Waals surface area contributed by atoms with Gasteiger partial charge in [0.25, 0.3) is 0 Å². The Balaban J connectivity index is 2.92. The van der Waals surface area contributed by atoms with Crippen LogP contribution in [0.2, 0.25) is 0 Å². The fourth-order valence-electron chi connectivity index (χ4n) is 2.97. The number of aliphatic hydroxyl groups excluding tert-OH is 1. The lowest BCUT2D eigenvalue weighted by Crippen LogP contribution is -2.58. The van der Waals surface area contributed by atoms with Crippen LogP contribution >= 0.6 is 12.6 Å². The van der Waals surface area contributed by atoms with Gasteiger partial charge in [0.1, 0.15) is 24.2 Å². The molecule has 170 valence electrons. The first-order chi connectivity index (χ1) is 14.0. The van der Waals surface area contributed by atoms with Crippen molar-refractivity contribution in [1.29, 1.82) is 0 Å². The van der Waals surface area contributed by atoms with Crippen LogP contribution in [0.5, 0.6) is 0 Å². The van der Waals surface area contributed by atoms with Crippen molar-refractivity contribution in [3.05, 3.63) is 0 Å². The molecule has 1 fully saturated rings. The SMILES string of the molecule is CC(O)C(N)C(=O)NC(CS)C(=O)NC(CCC(=O)O)C(=O)N1CCCC1C(=O)O. The second-order valence-electron chi connectivity index (χ2n) is 7.03. The number of rotatable bonds is 11. The number of nitrogens with one attached hydrogen (secondary N) is 2. The van der Waals surface area contributed by atoms with Gasteiger partial charge in [-0.3, -0.25) is 19.2 Å². The minimum atomic E-state index is -1.29. The summed E-state index contributed by atoms with van der Waals surface area (Å²) in [5.41, 5.74) is 5.52. The van der Waals surface area contributed by atoms with Gasteiger partial charge in [0, 0.05) is 18.7 Å². The molecule has 0 aromatic heterocycles. The topological polar surface area (TPSA) is 199 Å². The number of carboxylic acid groups (broad SMARTS) is 2. The zero-order chi connectivity index (χ0) is 23.0. The third-order valence-corrected chi connectivity index (χ3v) is 5.09. The molecule has 12 nitrogen and oxygen atoms in total. The van der Waals surface area contributed by atoms with Crippen molar-refractivity contribution >= 4 is 42.3 Å². The molecule has 0 radical (unpaired) electrons. The number of carbonyl (C=O) groups is 5. The predicted molar refractivity (Wildman–Crippen MR) is 107 cm³/mol. The number of hydrogen-bond donors (Lipinski definition) is 7. The molecule has 5 atom stereocenters. The van der Waals surface area contributed by atoms with Crippen molar-refractivity contribution in [2.45, 2.75) is 62.9 Å². The molecular weight excluding hydrogens is 420 g/mol. The number of aliphatic hydroxyl groups is 1. The van der Waals surface area contributed by atoms with E-state index in [1.807, 2.05) is 0 Å². The number of thiol groups is 1. The van der Waals surface area contributed by atoms with E-state index < -0.39 is 66.4 Å². The van der Waals surface area contributed by atoms with E-state index in [4.69, 9.17) is 10.8 Å². The first-order valence-electron chi connectivity index (χ1n) is 9.39. The number of carboxylic acids is 2. The fourth-order valence-corrected chi connectivity index (χ4v) is 3.22. The van der Waals surface area contributed by atoms with E-state index in [0.29, 0.717) is 6.42 Å². The summed E-state index contributed by atoms with van der Waals surface area (Å²) in [6.45, 7) is 1.47. The number of likely N-dealkylation sites (tertiary alicyclic amines) is 1. The highest BCUT2D eigenvalue weighted by atomic mass is 32.1. The lowest BCUT2D eigenvalue weighted by Gasteiger charge is -2.28. The zero-order valence-corrected chi connectivity index (χ0v) is 17.4. The lowest BCUT2D eigenvalue weighted by atomic mass is 10.1. The normalized spacial score (nSPS) is 20.0. The van der Waals surface area contributed by atoms with E-state index in [9.17, 15) is 34.2 Å². The van der Waals surface area contributed by atoms with Gasteiger partial charge in [-0.1, -0.05) is 0 Å². The van der Waals surface area contributed by atoms with Gasteiger partial charge in [0.2, 0.25) is 17.7 Å². The highest BCUT2D eigenvalue weighted by molar-refractivity contribution is 7.80. The van der Waals surface area contributed by atoms with Crippen LogP contribution in [0.3, 0.4) is 0 Å². The van der Waals surface area contributed by atoms with Gasteiger partial charge in [-0.15, -0.1) is 0 Å². The van der Waals surface area contributed by atoms with Crippen molar-refractivity contribution < 1.29 is 39.3 Å². The van der Waals surface area contributed by atoms with E-state index in [1.54, 1.807) is 0 Å². The minimum absolute atomic E-state index is 0.161. The Morgan fingerprint density at radius 3 is 2.23 bits per heavy atom. The maximum Gasteiger partial charge on any atom is 0.326 e. The molecule has 0 spiro atoms. The molecule has 1 heterocycles. The summed E-state index contributed by atoms with van der Waals surface area (Å²) in [7, 11) is 0. The van der Waals surface area contributed by atoms with Crippen molar-refractivity contribution in [2.75, 3.05) is 12.3 Å². The summed E-state index contributed by atoms with van der Waals surface area (Å²) in [5, 5.41) is 32.3. The molecule has 30 heavy (non-hydrogen) atoms. The second-order valence-corrected chi connectivity index (χ2v) is 7.40. The van der Waals surface area contributed by atoms with Crippen molar-refractivity contribution in [3.8, 4) is 0 Å². The molecule has 0 aromatic carbocycles. The summed E-state index contributed by atoms with van der Waals surface area (Å²) in [5.74, 6) is -4.87. The van der Waals surface area contributed by atoms with Crippen LogP contribution in [0, 0.1) is 0 Å². The Bertz CT molecular complexity index is 674.